The van der Waals surface area contributed by atoms with Crippen molar-refractivity contribution in [2.75, 3.05) is 26.2 Å². The van der Waals surface area contributed by atoms with Crippen LogP contribution in [0.5, 0.6) is 0 Å². The highest BCUT2D eigenvalue weighted by Crippen LogP contribution is 2.24. The van der Waals surface area contributed by atoms with E-state index >= 15 is 0 Å². The van der Waals surface area contributed by atoms with Gasteiger partial charge in [-0.2, -0.15) is 12.7 Å². The van der Waals surface area contributed by atoms with E-state index in [2.05, 4.69) is 12.2 Å². The maximum absolute atomic E-state index is 12.4. The second kappa shape index (κ2) is 7.25. The molecule has 2 rings (SSSR count). The molecule has 1 aliphatic carbocycles. The summed E-state index contributed by atoms with van der Waals surface area (Å²) in [6.45, 7) is 5.83. The highest BCUT2D eigenvalue weighted by molar-refractivity contribution is 7.86. The van der Waals surface area contributed by atoms with Gasteiger partial charge in [0.05, 0.1) is 6.04 Å². The lowest BCUT2D eigenvalue weighted by atomic mass is 9.86. The predicted molar refractivity (Wildman–Crippen MR) is 85.3 cm³/mol. The van der Waals surface area contributed by atoms with Crippen LogP contribution in [0.2, 0.25) is 0 Å². The Bertz CT molecular complexity index is 488. The molecule has 1 saturated carbocycles. The minimum absolute atomic E-state index is 0.0443. The lowest BCUT2D eigenvalue weighted by molar-refractivity contribution is -0.127. The molecule has 0 bridgehead atoms. The van der Waals surface area contributed by atoms with E-state index in [1.54, 1.807) is 0 Å². The standard InChI is InChI=1S/C14H28N4O3S/c1-11-5-3-4-6-13(11)16-14(19)12(2)17-7-9-18(10-8-17)22(15,20)21/h11-13H,3-10H2,1-2H3,(H,16,19)(H2,15,20,21). The van der Waals surface area contributed by atoms with Crippen LogP contribution in [0.25, 0.3) is 0 Å². The molecule has 1 amide bonds. The topological polar surface area (TPSA) is 95.7 Å². The van der Waals surface area contributed by atoms with Crippen molar-refractivity contribution in [3.05, 3.63) is 0 Å². The first-order valence-electron chi connectivity index (χ1n) is 8.11. The molecule has 0 radical (unpaired) electrons. The van der Waals surface area contributed by atoms with Crippen molar-refractivity contribution < 1.29 is 13.2 Å². The molecular weight excluding hydrogens is 304 g/mol. The van der Waals surface area contributed by atoms with Crippen molar-refractivity contribution >= 4 is 16.1 Å². The van der Waals surface area contributed by atoms with Gasteiger partial charge >= 0.3 is 0 Å². The predicted octanol–water partition coefficient (Wildman–Crippen LogP) is -0.109. The number of nitrogens with one attached hydrogen (secondary N) is 1. The van der Waals surface area contributed by atoms with Crippen molar-refractivity contribution in [1.82, 2.24) is 14.5 Å². The van der Waals surface area contributed by atoms with Gasteiger partial charge in [0.25, 0.3) is 10.2 Å². The molecule has 3 atom stereocenters. The number of amides is 1. The molecule has 1 aliphatic heterocycles. The Morgan fingerprint density at radius 1 is 1.18 bits per heavy atom. The number of nitrogens with two attached hydrogens (primary N) is 1. The summed E-state index contributed by atoms with van der Waals surface area (Å²) in [5, 5.41) is 8.30. The van der Waals surface area contributed by atoms with E-state index < -0.39 is 10.2 Å². The molecule has 2 aliphatic rings. The van der Waals surface area contributed by atoms with Gasteiger partial charge in [-0.25, -0.2) is 5.14 Å². The summed E-state index contributed by atoms with van der Waals surface area (Å²) < 4.78 is 23.9. The molecular formula is C14H28N4O3S. The van der Waals surface area contributed by atoms with E-state index in [0.29, 0.717) is 32.1 Å². The van der Waals surface area contributed by atoms with E-state index in [0.717, 1.165) is 6.42 Å². The number of carbonyl (C=O) groups is 1. The second-order valence-corrected chi connectivity index (χ2v) is 8.08. The summed E-state index contributed by atoms with van der Waals surface area (Å²) in [4.78, 5) is 14.4. The first kappa shape index (κ1) is 17.7. The van der Waals surface area contributed by atoms with Crippen molar-refractivity contribution in [3.8, 4) is 0 Å². The van der Waals surface area contributed by atoms with E-state index in [9.17, 15) is 13.2 Å². The summed E-state index contributed by atoms with van der Waals surface area (Å²) in [6, 6.07) is 0.0335. The van der Waals surface area contributed by atoms with Gasteiger partial charge in [0.1, 0.15) is 0 Å². The average molecular weight is 332 g/mol. The molecule has 0 spiro atoms. The molecule has 0 aromatic heterocycles. The van der Waals surface area contributed by atoms with E-state index in [1.807, 2.05) is 11.8 Å². The fourth-order valence-corrected chi connectivity index (χ4v) is 4.02. The molecule has 1 saturated heterocycles. The molecule has 22 heavy (non-hydrogen) atoms. The average Bonchev–Trinajstić information content (AvgIpc) is 2.48. The minimum atomic E-state index is -3.62. The fourth-order valence-electron chi connectivity index (χ4n) is 3.35. The normalized spacial score (nSPS) is 30.0. The van der Waals surface area contributed by atoms with Crippen LogP contribution in [0.15, 0.2) is 0 Å². The largest absolute Gasteiger partial charge is 0.352 e. The number of hydrogen-bond acceptors (Lipinski definition) is 4. The number of nitrogens with zero attached hydrogens (tertiary/aromatic N) is 2. The zero-order valence-corrected chi connectivity index (χ0v) is 14.3. The Morgan fingerprint density at radius 3 is 2.32 bits per heavy atom. The third-order valence-corrected chi connectivity index (χ3v) is 6.08. The van der Waals surface area contributed by atoms with E-state index in [4.69, 9.17) is 5.14 Å². The van der Waals surface area contributed by atoms with Crippen LogP contribution in [0.3, 0.4) is 0 Å². The van der Waals surface area contributed by atoms with Gasteiger partial charge in [0.2, 0.25) is 5.91 Å². The van der Waals surface area contributed by atoms with Gasteiger partial charge in [-0.05, 0) is 25.7 Å². The summed E-state index contributed by atoms with van der Waals surface area (Å²) in [6.07, 6.45) is 4.65. The van der Waals surface area contributed by atoms with Crippen LogP contribution in [0.1, 0.15) is 39.5 Å². The minimum Gasteiger partial charge on any atom is -0.352 e. The number of piperazine rings is 1. The Labute approximate surface area is 133 Å². The van der Waals surface area contributed by atoms with Gasteiger partial charge in [0.15, 0.2) is 0 Å². The highest BCUT2D eigenvalue weighted by atomic mass is 32.2. The van der Waals surface area contributed by atoms with Crippen LogP contribution in [-0.2, 0) is 15.0 Å². The number of carbonyl (C=O) groups excluding carboxylic acids is 1. The number of hydrogen-bond donors (Lipinski definition) is 2. The smallest absolute Gasteiger partial charge is 0.276 e. The van der Waals surface area contributed by atoms with E-state index in [1.165, 1.54) is 23.6 Å². The van der Waals surface area contributed by atoms with Crippen LogP contribution < -0.4 is 10.5 Å². The Kier molecular flexibility index (Phi) is 5.81. The first-order valence-corrected chi connectivity index (χ1v) is 9.61. The van der Waals surface area contributed by atoms with Crippen molar-refractivity contribution in [2.45, 2.75) is 51.6 Å². The number of rotatable bonds is 4. The Morgan fingerprint density at radius 2 is 1.77 bits per heavy atom. The molecule has 0 aromatic carbocycles. The van der Waals surface area contributed by atoms with Gasteiger partial charge < -0.3 is 5.32 Å². The lowest BCUT2D eigenvalue weighted by Crippen LogP contribution is -2.57. The van der Waals surface area contributed by atoms with Crippen LogP contribution in [-0.4, -0.2) is 61.8 Å². The maximum atomic E-state index is 12.4. The summed E-state index contributed by atoms with van der Waals surface area (Å²) >= 11 is 0. The molecule has 2 fully saturated rings. The monoisotopic (exact) mass is 332 g/mol. The third-order valence-electron chi connectivity index (χ3n) is 5.00. The highest BCUT2D eigenvalue weighted by Gasteiger charge is 2.31. The molecule has 128 valence electrons. The van der Waals surface area contributed by atoms with Crippen LogP contribution in [0, 0.1) is 5.92 Å². The van der Waals surface area contributed by atoms with E-state index in [-0.39, 0.29) is 18.0 Å². The van der Waals surface area contributed by atoms with Crippen molar-refractivity contribution in [3.63, 3.8) is 0 Å². The quantitative estimate of drug-likeness (QED) is 0.751. The van der Waals surface area contributed by atoms with Gasteiger partial charge in [0, 0.05) is 32.2 Å². The summed E-state index contributed by atoms with van der Waals surface area (Å²) in [5.74, 6) is 0.576. The Hall–Kier alpha value is -0.700. The van der Waals surface area contributed by atoms with Gasteiger partial charge in [-0.1, -0.05) is 19.8 Å². The molecule has 3 unspecified atom stereocenters. The zero-order valence-electron chi connectivity index (χ0n) is 13.5. The molecule has 7 nitrogen and oxygen atoms in total. The lowest BCUT2D eigenvalue weighted by Gasteiger charge is -2.37. The molecule has 3 N–H and O–H groups in total. The van der Waals surface area contributed by atoms with Crippen LogP contribution >= 0.6 is 0 Å². The maximum Gasteiger partial charge on any atom is 0.276 e. The molecule has 1 heterocycles. The Balaban J connectivity index is 1.84. The zero-order chi connectivity index (χ0) is 16.3. The summed E-state index contributed by atoms with van der Waals surface area (Å²) in [7, 11) is -3.62. The van der Waals surface area contributed by atoms with Crippen molar-refractivity contribution in [2.24, 2.45) is 11.1 Å². The van der Waals surface area contributed by atoms with Gasteiger partial charge in [-0.3, -0.25) is 9.69 Å². The summed E-state index contributed by atoms with van der Waals surface area (Å²) in [5.41, 5.74) is 0. The fraction of sp³-hybridized carbons (Fsp3) is 0.929. The first-order chi connectivity index (χ1) is 10.3. The molecule has 0 aromatic rings. The third kappa shape index (κ3) is 4.41. The van der Waals surface area contributed by atoms with Gasteiger partial charge in [-0.15, -0.1) is 0 Å². The second-order valence-electron chi connectivity index (χ2n) is 6.53. The van der Waals surface area contributed by atoms with Crippen LogP contribution in [0.4, 0.5) is 0 Å². The molecule has 8 heteroatoms. The SMILES string of the molecule is CC1CCCCC1NC(=O)C(C)N1CCN(S(N)(=O)=O)CC1. The van der Waals surface area contributed by atoms with Crippen molar-refractivity contribution in [1.29, 1.82) is 0 Å².